The van der Waals surface area contributed by atoms with Crippen molar-refractivity contribution in [2.45, 2.75) is 39.7 Å². The van der Waals surface area contributed by atoms with E-state index in [0.717, 1.165) is 26.1 Å². The molecular weight excluding hydrogens is 222 g/mol. The number of benzene rings is 1. The second-order valence-corrected chi connectivity index (χ2v) is 5.18. The topological polar surface area (TPSA) is 21.3 Å². The molecule has 0 aromatic heterocycles. The van der Waals surface area contributed by atoms with Gasteiger partial charge >= 0.3 is 0 Å². The summed E-state index contributed by atoms with van der Waals surface area (Å²) in [6, 6.07) is 10.5. The van der Waals surface area contributed by atoms with Crippen LogP contribution in [0.2, 0.25) is 0 Å². The molecule has 2 heteroatoms. The largest absolute Gasteiger partial charge is 0.372 e. The summed E-state index contributed by atoms with van der Waals surface area (Å²) in [5, 5.41) is 3.49. The molecule has 0 fully saturated rings. The Morgan fingerprint density at radius 3 is 2.44 bits per heavy atom. The standard InChI is InChI=1S/C16H27NO/c1-4-5-11-18-16(13-17-12-14(2)3)15-9-7-6-8-10-15/h6-10,14,16-17H,4-5,11-13H2,1-3H3. The van der Waals surface area contributed by atoms with Crippen LogP contribution in [0.1, 0.15) is 45.3 Å². The van der Waals surface area contributed by atoms with Crippen molar-refractivity contribution in [2.75, 3.05) is 19.7 Å². The minimum Gasteiger partial charge on any atom is -0.372 e. The van der Waals surface area contributed by atoms with Crippen molar-refractivity contribution in [1.82, 2.24) is 5.32 Å². The van der Waals surface area contributed by atoms with E-state index in [2.05, 4.69) is 50.4 Å². The Morgan fingerprint density at radius 2 is 1.83 bits per heavy atom. The fourth-order valence-electron chi connectivity index (χ4n) is 1.81. The summed E-state index contributed by atoms with van der Waals surface area (Å²) >= 11 is 0. The van der Waals surface area contributed by atoms with Gasteiger partial charge in [0.1, 0.15) is 0 Å². The summed E-state index contributed by atoms with van der Waals surface area (Å²) in [6.45, 7) is 9.43. The lowest BCUT2D eigenvalue weighted by molar-refractivity contribution is 0.0503. The maximum absolute atomic E-state index is 5.99. The summed E-state index contributed by atoms with van der Waals surface area (Å²) in [6.07, 6.45) is 2.49. The van der Waals surface area contributed by atoms with Crippen LogP contribution in [-0.4, -0.2) is 19.7 Å². The molecular formula is C16H27NO. The Balaban J connectivity index is 2.47. The average Bonchev–Trinajstić information content (AvgIpc) is 2.38. The van der Waals surface area contributed by atoms with Crippen LogP contribution in [0.4, 0.5) is 0 Å². The van der Waals surface area contributed by atoms with E-state index >= 15 is 0 Å². The zero-order valence-corrected chi connectivity index (χ0v) is 12.0. The van der Waals surface area contributed by atoms with Gasteiger partial charge in [0.05, 0.1) is 6.10 Å². The lowest BCUT2D eigenvalue weighted by Gasteiger charge is -2.19. The van der Waals surface area contributed by atoms with E-state index in [-0.39, 0.29) is 6.10 Å². The van der Waals surface area contributed by atoms with Gasteiger partial charge in [0.2, 0.25) is 0 Å². The van der Waals surface area contributed by atoms with Gasteiger partial charge in [-0.2, -0.15) is 0 Å². The quantitative estimate of drug-likeness (QED) is 0.672. The Morgan fingerprint density at radius 1 is 1.11 bits per heavy atom. The molecule has 1 atom stereocenters. The van der Waals surface area contributed by atoms with E-state index in [1.807, 2.05) is 6.07 Å². The minimum absolute atomic E-state index is 0.177. The molecule has 102 valence electrons. The molecule has 1 unspecified atom stereocenters. The predicted molar refractivity (Wildman–Crippen MR) is 77.8 cm³/mol. The van der Waals surface area contributed by atoms with Gasteiger partial charge in [-0.3, -0.25) is 0 Å². The SMILES string of the molecule is CCCCOC(CNCC(C)C)c1ccccc1. The highest BCUT2D eigenvalue weighted by Crippen LogP contribution is 2.16. The molecule has 18 heavy (non-hydrogen) atoms. The summed E-state index contributed by atoms with van der Waals surface area (Å²) in [5.41, 5.74) is 1.27. The zero-order valence-electron chi connectivity index (χ0n) is 12.0. The number of unbranched alkanes of at least 4 members (excludes halogenated alkanes) is 1. The number of ether oxygens (including phenoxy) is 1. The molecule has 0 saturated carbocycles. The first kappa shape index (κ1) is 15.2. The normalized spacial score (nSPS) is 12.9. The first-order valence-electron chi connectivity index (χ1n) is 7.11. The van der Waals surface area contributed by atoms with Crippen LogP contribution in [-0.2, 0) is 4.74 Å². The van der Waals surface area contributed by atoms with Crippen molar-refractivity contribution >= 4 is 0 Å². The predicted octanol–water partition coefficient (Wildman–Crippen LogP) is 3.79. The van der Waals surface area contributed by atoms with Crippen LogP contribution in [0.25, 0.3) is 0 Å². The van der Waals surface area contributed by atoms with Gasteiger partial charge in [-0.1, -0.05) is 57.5 Å². The van der Waals surface area contributed by atoms with Gasteiger partial charge < -0.3 is 10.1 Å². The van der Waals surface area contributed by atoms with Crippen LogP contribution in [0.3, 0.4) is 0 Å². The Hall–Kier alpha value is -0.860. The van der Waals surface area contributed by atoms with Crippen molar-refractivity contribution in [2.24, 2.45) is 5.92 Å². The van der Waals surface area contributed by atoms with Crippen molar-refractivity contribution in [3.05, 3.63) is 35.9 Å². The van der Waals surface area contributed by atoms with Gasteiger partial charge in [0, 0.05) is 13.2 Å². The molecule has 0 bridgehead atoms. The lowest BCUT2D eigenvalue weighted by atomic mass is 10.1. The van der Waals surface area contributed by atoms with Gasteiger partial charge in [0.25, 0.3) is 0 Å². The number of hydrogen-bond acceptors (Lipinski definition) is 2. The third kappa shape index (κ3) is 6.18. The Bertz CT molecular complexity index is 297. The minimum atomic E-state index is 0.177. The molecule has 0 radical (unpaired) electrons. The van der Waals surface area contributed by atoms with Crippen molar-refractivity contribution in [3.63, 3.8) is 0 Å². The van der Waals surface area contributed by atoms with Crippen molar-refractivity contribution in [1.29, 1.82) is 0 Å². The van der Waals surface area contributed by atoms with Gasteiger partial charge in [0.15, 0.2) is 0 Å². The van der Waals surface area contributed by atoms with Crippen molar-refractivity contribution < 1.29 is 4.74 Å². The summed E-state index contributed by atoms with van der Waals surface area (Å²) in [5.74, 6) is 0.678. The zero-order chi connectivity index (χ0) is 13.2. The monoisotopic (exact) mass is 249 g/mol. The molecule has 1 aromatic carbocycles. The second kappa shape index (κ2) is 9.12. The number of hydrogen-bond donors (Lipinski definition) is 1. The first-order valence-corrected chi connectivity index (χ1v) is 7.11. The molecule has 0 aliphatic carbocycles. The summed E-state index contributed by atoms with van der Waals surface area (Å²) in [7, 11) is 0. The average molecular weight is 249 g/mol. The summed E-state index contributed by atoms with van der Waals surface area (Å²) < 4.78 is 5.99. The fourth-order valence-corrected chi connectivity index (χ4v) is 1.81. The van der Waals surface area contributed by atoms with E-state index in [0.29, 0.717) is 5.92 Å². The first-order chi connectivity index (χ1) is 8.74. The third-order valence-electron chi connectivity index (χ3n) is 2.87. The molecule has 0 heterocycles. The lowest BCUT2D eigenvalue weighted by Crippen LogP contribution is -2.27. The van der Waals surface area contributed by atoms with Gasteiger partial charge in [-0.05, 0) is 24.4 Å². The number of nitrogens with one attached hydrogen (secondary N) is 1. The maximum atomic E-state index is 5.99. The van der Waals surface area contributed by atoms with Gasteiger partial charge in [-0.25, -0.2) is 0 Å². The van der Waals surface area contributed by atoms with Crippen LogP contribution in [0.5, 0.6) is 0 Å². The van der Waals surface area contributed by atoms with E-state index < -0.39 is 0 Å². The molecule has 1 rings (SSSR count). The Kier molecular flexibility index (Phi) is 7.70. The second-order valence-electron chi connectivity index (χ2n) is 5.18. The van der Waals surface area contributed by atoms with E-state index in [9.17, 15) is 0 Å². The van der Waals surface area contributed by atoms with E-state index in [1.54, 1.807) is 0 Å². The number of rotatable bonds is 9. The molecule has 0 aliphatic heterocycles. The smallest absolute Gasteiger partial charge is 0.0949 e. The van der Waals surface area contributed by atoms with Crippen LogP contribution in [0.15, 0.2) is 30.3 Å². The van der Waals surface area contributed by atoms with E-state index in [4.69, 9.17) is 4.74 Å². The van der Waals surface area contributed by atoms with Crippen LogP contribution in [0, 0.1) is 5.92 Å². The summed E-state index contributed by atoms with van der Waals surface area (Å²) in [4.78, 5) is 0. The molecule has 1 aromatic rings. The fraction of sp³-hybridized carbons (Fsp3) is 0.625. The highest BCUT2D eigenvalue weighted by Gasteiger charge is 2.11. The van der Waals surface area contributed by atoms with E-state index in [1.165, 1.54) is 12.0 Å². The van der Waals surface area contributed by atoms with Crippen molar-refractivity contribution in [3.8, 4) is 0 Å². The molecule has 0 spiro atoms. The highest BCUT2D eigenvalue weighted by atomic mass is 16.5. The van der Waals surface area contributed by atoms with Gasteiger partial charge in [-0.15, -0.1) is 0 Å². The molecule has 2 nitrogen and oxygen atoms in total. The van der Waals surface area contributed by atoms with Crippen LogP contribution < -0.4 is 5.32 Å². The Labute approximate surface area is 112 Å². The highest BCUT2D eigenvalue weighted by molar-refractivity contribution is 5.17. The third-order valence-corrected chi connectivity index (χ3v) is 2.87. The molecule has 0 aliphatic rings. The molecule has 0 amide bonds. The molecule has 1 N–H and O–H groups in total. The van der Waals surface area contributed by atoms with Crippen LogP contribution >= 0.6 is 0 Å². The maximum Gasteiger partial charge on any atom is 0.0949 e. The molecule has 0 saturated heterocycles.